The number of carbonyl (C=O) groups excluding carboxylic acids is 2. The number of aromatic nitrogens is 2. The van der Waals surface area contributed by atoms with Crippen LogP contribution in [0.4, 0.5) is 4.79 Å². The molecule has 2 amide bonds. The Kier molecular flexibility index (Phi) is 7.42. The molecule has 0 aliphatic rings. The smallest absolute Gasteiger partial charge is 0.426 e. The average molecular weight is 534 g/mol. The van der Waals surface area contributed by atoms with Crippen molar-refractivity contribution in [2.45, 2.75) is 31.3 Å². The lowest BCUT2D eigenvalue weighted by molar-refractivity contribution is 0.0483. The first-order valence-electron chi connectivity index (χ1n) is 11.7. The van der Waals surface area contributed by atoms with Crippen LogP contribution < -0.4 is 15.6 Å². The number of fused-ring (bicyclic) bond motifs is 1. The molecule has 38 heavy (non-hydrogen) atoms. The van der Waals surface area contributed by atoms with Crippen LogP contribution in [0.5, 0.6) is 0 Å². The first kappa shape index (κ1) is 26.7. The summed E-state index contributed by atoms with van der Waals surface area (Å²) in [5.74, 6) is -0.550. The molecular weight excluding hydrogens is 506 g/mol. The monoisotopic (exact) mass is 533 g/mol. The highest BCUT2D eigenvalue weighted by Gasteiger charge is 2.19. The van der Waals surface area contributed by atoms with Gasteiger partial charge in [0.15, 0.2) is 0 Å². The van der Waals surface area contributed by atoms with E-state index in [2.05, 4.69) is 25.5 Å². The fourth-order valence-corrected chi connectivity index (χ4v) is 4.39. The van der Waals surface area contributed by atoms with Crippen molar-refractivity contribution in [3.63, 3.8) is 0 Å². The standard InChI is InChI=1S/C27H27N5O5S/c1-27(2,3)37-26(34)32-31-25(33)21-15-24(30-23-13-14-29-16-22(21)23)19-7-5-17(6-8-19)18-9-11-20(12-10-18)38(35,36)28-4/h5-16,28H,1-4H3,(H,31,33)(H,32,34). The van der Waals surface area contributed by atoms with E-state index in [4.69, 9.17) is 4.74 Å². The Morgan fingerprint density at radius 3 is 2.08 bits per heavy atom. The number of carbonyl (C=O) groups is 2. The summed E-state index contributed by atoms with van der Waals surface area (Å²) >= 11 is 0. The Morgan fingerprint density at radius 1 is 0.868 bits per heavy atom. The van der Waals surface area contributed by atoms with Crippen molar-refractivity contribution in [1.29, 1.82) is 0 Å². The van der Waals surface area contributed by atoms with Gasteiger partial charge in [-0.2, -0.15) is 0 Å². The molecule has 0 aliphatic heterocycles. The van der Waals surface area contributed by atoms with E-state index in [-0.39, 0.29) is 10.5 Å². The average Bonchev–Trinajstić information content (AvgIpc) is 2.90. The van der Waals surface area contributed by atoms with Gasteiger partial charge in [-0.05, 0) is 63.2 Å². The number of hydrazine groups is 1. The molecule has 2 aromatic heterocycles. The van der Waals surface area contributed by atoms with Gasteiger partial charge in [0.25, 0.3) is 5.91 Å². The number of hydrogen-bond donors (Lipinski definition) is 3. The number of rotatable bonds is 5. The summed E-state index contributed by atoms with van der Waals surface area (Å²) in [5.41, 5.74) is 7.80. The summed E-state index contributed by atoms with van der Waals surface area (Å²) in [6.45, 7) is 5.16. The van der Waals surface area contributed by atoms with E-state index in [0.29, 0.717) is 16.6 Å². The maximum Gasteiger partial charge on any atom is 0.426 e. The fourth-order valence-electron chi connectivity index (χ4n) is 3.66. The number of benzene rings is 2. The van der Waals surface area contributed by atoms with Gasteiger partial charge < -0.3 is 4.74 Å². The SMILES string of the molecule is CNS(=O)(=O)c1ccc(-c2ccc(-c3cc(C(=O)NNC(=O)OC(C)(C)C)c4cnccc4n3)cc2)cc1. The minimum absolute atomic E-state index is 0.183. The molecule has 0 aliphatic carbocycles. The highest BCUT2D eigenvalue weighted by atomic mass is 32.2. The van der Waals surface area contributed by atoms with Crippen LogP contribution in [-0.2, 0) is 14.8 Å². The Labute approximate surface area is 220 Å². The van der Waals surface area contributed by atoms with Gasteiger partial charge in [-0.1, -0.05) is 36.4 Å². The minimum atomic E-state index is -3.51. The van der Waals surface area contributed by atoms with Crippen LogP contribution in [0.1, 0.15) is 31.1 Å². The van der Waals surface area contributed by atoms with Crippen LogP contribution in [0.25, 0.3) is 33.3 Å². The molecule has 4 aromatic rings. The van der Waals surface area contributed by atoms with Gasteiger partial charge in [0, 0.05) is 23.3 Å². The van der Waals surface area contributed by atoms with Crippen LogP contribution >= 0.6 is 0 Å². The van der Waals surface area contributed by atoms with Crippen molar-refractivity contribution in [3.05, 3.63) is 78.6 Å². The summed E-state index contributed by atoms with van der Waals surface area (Å²) < 4.78 is 31.4. The maximum atomic E-state index is 13.0. The predicted octanol–water partition coefficient (Wildman–Crippen LogP) is 4.04. The van der Waals surface area contributed by atoms with E-state index in [0.717, 1.165) is 16.7 Å². The van der Waals surface area contributed by atoms with Crippen LogP contribution in [0.15, 0.2) is 78.0 Å². The second kappa shape index (κ2) is 10.6. The van der Waals surface area contributed by atoms with Gasteiger partial charge in [0.05, 0.1) is 21.7 Å². The minimum Gasteiger partial charge on any atom is -0.443 e. The third-order valence-corrected chi connectivity index (χ3v) is 6.91. The zero-order valence-corrected chi connectivity index (χ0v) is 22.1. The molecule has 0 bridgehead atoms. The first-order valence-corrected chi connectivity index (χ1v) is 13.1. The Balaban J connectivity index is 1.60. The molecule has 11 heteroatoms. The van der Waals surface area contributed by atoms with Gasteiger partial charge in [-0.3, -0.25) is 15.2 Å². The van der Waals surface area contributed by atoms with E-state index in [1.54, 1.807) is 63.4 Å². The van der Waals surface area contributed by atoms with E-state index in [1.165, 1.54) is 13.2 Å². The Bertz CT molecular complexity index is 1600. The fraction of sp³-hybridized carbons (Fsp3) is 0.185. The number of amides is 2. The molecule has 0 saturated carbocycles. The van der Waals surface area contributed by atoms with E-state index >= 15 is 0 Å². The van der Waals surface area contributed by atoms with Crippen LogP contribution in [-0.4, -0.2) is 43.0 Å². The first-order chi connectivity index (χ1) is 18.0. The van der Waals surface area contributed by atoms with Crippen molar-refractivity contribution >= 4 is 32.9 Å². The van der Waals surface area contributed by atoms with Crippen molar-refractivity contribution in [1.82, 2.24) is 25.5 Å². The van der Waals surface area contributed by atoms with Gasteiger partial charge in [0.2, 0.25) is 10.0 Å². The second-order valence-corrected chi connectivity index (χ2v) is 11.2. The van der Waals surface area contributed by atoms with E-state index in [1.807, 2.05) is 24.3 Å². The second-order valence-electron chi connectivity index (χ2n) is 9.34. The normalized spacial score (nSPS) is 11.7. The molecule has 0 fully saturated rings. The number of ether oxygens (including phenoxy) is 1. The van der Waals surface area contributed by atoms with Crippen LogP contribution in [0.2, 0.25) is 0 Å². The third-order valence-electron chi connectivity index (χ3n) is 5.48. The molecule has 0 saturated heterocycles. The van der Waals surface area contributed by atoms with Crippen LogP contribution in [0, 0.1) is 0 Å². The highest BCUT2D eigenvalue weighted by molar-refractivity contribution is 7.89. The number of nitrogens with zero attached hydrogens (tertiary/aromatic N) is 2. The molecule has 196 valence electrons. The molecule has 10 nitrogen and oxygen atoms in total. The third kappa shape index (κ3) is 6.13. The summed E-state index contributed by atoms with van der Waals surface area (Å²) in [6.07, 6.45) is 2.34. The van der Waals surface area contributed by atoms with Crippen LogP contribution in [0.3, 0.4) is 0 Å². The lowest BCUT2D eigenvalue weighted by Gasteiger charge is -2.19. The van der Waals surface area contributed by atoms with Crippen molar-refractivity contribution in [3.8, 4) is 22.4 Å². The zero-order chi connectivity index (χ0) is 27.5. The lowest BCUT2D eigenvalue weighted by Crippen LogP contribution is -2.44. The number of sulfonamides is 1. The summed E-state index contributed by atoms with van der Waals surface area (Å²) in [7, 11) is -2.14. The molecule has 0 unspecified atom stereocenters. The molecule has 2 heterocycles. The molecule has 0 spiro atoms. The van der Waals surface area contributed by atoms with E-state index in [9.17, 15) is 18.0 Å². The molecule has 0 radical (unpaired) electrons. The van der Waals surface area contributed by atoms with Gasteiger partial charge in [-0.25, -0.2) is 28.3 Å². The molecule has 4 rings (SSSR count). The zero-order valence-electron chi connectivity index (χ0n) is 21.3. The van der Waals surface area contributed by atoms with Gasteiger partial charge in [0.1, 0.15) is 5.60 Å². The summed E-state index contributed by atoms with van der Waals surface area (Å²) in [6, 6.07) is 17.4. The quantitative estimate of drug-likeness (QED) is 0.329. The number of nitrogens with one attached hydrogen (secondary N) is 3. The van der Waals surface area contributed by atoms with Gasteiger partial charge >= 0.3 is 6.09 Å². The Hall–Kier alpha value is -4.35. The molecule has 3 N–H and O–H groups in total. The highest BCUT2D eigenvalue weighted by Crippen LogP contribution is 2.28. The molecule has 0 atom stereocenters. The largest absolute Gasteiger partial charge is 0.443 e. The Morgan fingerprint density at radius 2 is 1.47 bits per heavy atom. The number of pyridine rings is 2. The maximum absolute atomic E-state index is 13.0. The predicted molar refractivity (Wildman–Crippen MR) is 143 cm³/mol. The topological polar surface area (TPSA) is 139 Å². The van der Waals surface area contributed by atoms with Gasteiger partial charge in [-0.15, -0.1) is 0 Å². The van der Waals surface area contributed by atoms with Crippen molar-refractivity contribution in [2.75, 3.05) is 7.05 Å². The summed E-state index contributed by atoms with van der Waals surface area (Å²) in [5, 5.41) is 0.521. The van der Waals surface area contributed by atoms with E-state index < -0.39 is 27.6 Å². The van der Waals surface area contributed by atoms with Crippen molar-refractivity contribution < 1.29 is 22.7 Å². The summed E-state index contributed by atoms with van der Waals surface area (Å²) in [4.78, 5) is 33.9. The molecular formula is C27H27N5O5S. The molecule has 2 aromatic carbocycles. The van der Waals surface area contributed by atoms with Crippen molar-refractivity contribution in [2.24, 2.45) is 0 Å². The lowest BCUT2D eigenvalue weighted by atomic mass is 10.0. The number of hydrogen-bond acceptors (Lipinski definition) is 7.